The summed E-state index contributed by atoms with van der Waals surface area (Å²) in [5.74, 6) is 0.488. The molecular formula is C16H31N3O2. The highest BCUT2D eigenvalue weighted by Gasteiger charge is 2.27. The number of nitrogens with one attached hydrogen (secondary N) is 2. The Bertz CT molecular complexity index is 317. The Morgan fingerprint density at radius 2 is 2.10 bits per heavy atom. The number of piperidine rings is 2. The van der Waals surface area contributed by atoms with Crippen LogP contribution in [-0.4, -0.2) is 62.8 Å². The Morgan fingerprint density at radius 1 is 1.33 bits per heavy atom. The minimum Gasteiger partial charge on any atom is -0.385 e. The van der Waals surface area contributed by atoms with Gasteiger partial charge in [0.15, 0.2) is 0 Å². The third kappa shape index (κ3) is 5.57. The number of hydrogen-bond donors (Lipinski definition) is 2. The molecule has 122 valence electrons. The van der Waals surface area contributed by atoms with Crippen molar-refractivity contribution >= 4 is 5.91 Å². The predicted molar refractivity (Wildman–Crippen MR) is 84.3 cm³/mol. The number of amides is 1. The molecule has 2 saturated heterocycles. The zero-order chi connectivity index (χ0) is 15.1. The van der Waals surface area contributed by atoms with E-state index < -0.39 is 0 Å². The first-order valence-corrected chi connectivity index (χ1v) is 8.44. The van der Waals surface area contributed by atoms with Crippen LogP contribution in [0.15, 0.2) is 0 Å². The highest BCUT2D eigenvalue weighted by molar-refractivity contribution is 5.79. The summed E-state index contributed by atoms with van der Waals surface area (Å²) in [4.78, 5) is 14.8. The second kappa shape index (κ2) is 8.71. The van der Waals surface area contributed by atoms with Crippen molar-refractivity contribution < 1.29 is 9.53 Å². The number of nitrogens with zero attached hydrogens (tertiary/aromatic N) is 1. The molecule has 2 fully saturated rings. The molecule has 2 N–H and O–H groups in total. The SMILES string of the molecule is COCCCN1CCC(NC(=O)[C@H]2CCN[C@@H](C)C2)CC1. The van der Waals surface area contributed by atoms with Crippen molar-refractivity contribution in [3.63, 3.8) is 0 Å². The lowest BCUT2D eigenvalue weighted by Crippen LogP contribution is -2.49. The Morgan fingerprint density at radius 3 is 2.76 bits per heavy atom. The molecule has 2 aliphatic heterocycles. The average Bonchev–Trinajstić information content (AvgIpc) is 2.49. The van der Waals surface area contributed by atoms with E-state index in [4.69, 9.17) is 4.74 Å². The summed E-state index contributed by atoms with van der Waals surface area (Å²) in [6, 6.07) is 0.846. The molecule has 0 bridgehead atoms. The maximum atomic E-state index is 12.3. The fourth-order valence-corrected chi connectivity index (χ4v) is 3.42. The lowest BCUT2D eigenvalue weighted by molar-refractivity contribution is -0.127. The number of likely N-dealkylation sites (tertiary alicyclic amines) is 1. The van der Waals surface area contributed by atoms with Gasteiger partial charge >= 0.3 is 0 Å². The van der Waals surface area contributed by atoms with E-state index in [9.17, 15) is 4.79 Å². The van der Waals surface area contributed by atoms with Crippen molar-refractivity contribution in [3.8, 4) is 0 Å². The quantitative estimate of drug-likeness (QED) is 0.718. The molecule has 0 unspecified atom stereocenters. The number of carbonyl (C=O) groups excluding carboxylic acids is 1. The predicted octanol–water partition coefficient (Wildman–Crippen LogP) is 0.992. The second-order valence-corrected chi connectivity index (χ2v) is 6.55. The van der Waals surface area contributed by atoms with Crippen LogP contribution in [0.4, 0.5) is 0 Å². The van der Waals surface area contributed by atoms with E-state index in [1.54, 1.807) is 7.11 Å². The maximum absolute atomic E-state index is 12.3. The van der Waals surface area contributed by atoms with Crippen molar-refractivity contribution in [1.82, 2.24) is 15.5 Å². The summed E-state index contributed by atoms with van der Waals surface area (Å²) in [5.41, 5.74) is 0. The van der Waals surface area contributed by atoms with E-state index in [1.807, 2.05) is 0 Å². The van der Waals surface area contributed by atoms with Crippen LogP contribution in [0.25, 0.3) is 0 Å². The smallest absolute Gasteiger partial charge is 0.223 e. The van der Waals surface area contributed by atoms with E-state index in [0.717, 1.165) is 64.9 Å². The van der Waals surface area contributed by atoms with Crippen LogP contribution in [0.3, 0.4) is 0 Å². The normalized spacial score (nSPS) is 28.5. The van der Waals surface area contributed by atoms with Crippen LogP contribution in [0, 0.1) is 5.92 Å². The number of hydrogen-bond acceptors (Lipinski definition) is 4. The van der Waals surface area contributed by atoms with Crippen LogP contribution in [0.2, 0.25) is 0 Å². The molecule has 2 heterocycles. The summed E-state index contributed by atoms with van der Waals surface area (Å²) in [6.45, 7) is 7.27. The van der Waals surface area contributed by atoms with Gasteiger partial charge in [-0.1, -0.05) is 0 Å². The first kappa shape index (κ1) is 16.7. The van der Waals surface area contributed by atoms with Gasteiger partial charge in [0.05, 0.1) is 0 Å². The Balaban J connectivity index is 1.64. The monoisotopic (exact) mass is 297 g/mol. The molecule has 0 saturated carbocycles. The molecule has 2 rings (SSSR count). The Kier molecular flexibility index (Phi) is 6.93. The second-order valence-electron chi connectivity index (χ2n) is 6.55. The van der Waals surface area contributed by atoms with Gasteiger partial charge in [-0.2, -0.15) is 0 Å². The lowest BCUT2D eigenvalue weighted by Gasteiger charge is -2.34. The molecule has 5 nitrogen and oxygen atoms in total. The third-order valence-electron chi connectivity index (χ3n) is 4.75. The van der Waals surface area contributed by atoms with Gasteiger partial charge in [-0.05, 0) is 45.6 Å². The van der Waals surface area contributed by atoms with Crippen molar-refractivity contribution in [1.29, 1.82) is 0 Å². The van der Waals surface area contributed by atoms with E-state index in [1.165, 1.54) is 0 Å². The molecule has 2 aliphatic rings. The molecule has 0 aromatic heterocycles. The van der Waals surface area contributed by atoms with Gasteiger partial charge in [0.25, 0.3) is 0 Å². The molecule has 0 spiro atoms. The van der Waals surface area contributed by atoms with Crippen LogP contribution in [-0.2, 0) is 9.53 Å². The van der Waals surface area contributed by atoms with E-state index in [-0.39, 0.29) is 11.8 Å². The molecule has 0 aromatic carbocycles. The van der Waals surface area contributed by atoms with Gasteiger partial charge in [0.1, 0.15) is 0 Å². The summed E-state index contributed by atoms with van der Waals surface area (Å²) in [6.07, 6.45) is 5.21. The zero-order valence-electron chi connectivity index (χ0n) is 13.6. The first-order valence-electron chi connectivity index (χ1n) is 8.44. The highest BCUT2D eigenvalue weighted by atomic mass is 16.5. The summed E-state index contributed by atoms with van der Waals surface area (Å²) in [5, 5.41) is 6.68. The fraction of sp³-hybridized carbons (Fsp3) is 0.938. The molecule has 2 atom stereocenters. The number of carbonyl (C=O) groups is 1. The van der Waals surface area contributed by atoms with Gasteiger partial charge in [-0.3, -0.25) is 4.79 Å². The Hall–Kier alpha value is -0.650. The molecule has 0 radical (unpaired) electrons. The van der Waals surface area contributed by atoms with Crippen molar-refractivity contribution in [2.24, 2.45) is 5.92 Å². The summed E-state index contributed by atoms with van der Waals surface area (Å²) >= 11 is 0. The van der Waals surface area contributed by atoms with Gasteiger partial charge < -0.3 is 20.3 Å². The summed E-state index contributed by atoms with van der Waals surface area (Å²) in [7, 11) is 1.75. The lowest BCUT2D eigenvalue weighted by atomic mass is 9.92. The van der Waals surface area contributed by atoms with E-state index in [0.29, 0.717) is 12.1 Å². The number of methoxy groups -OCH3 is 1. The van der Waals surface area contributed by atoms with Crippen molar-refractivity contribution in [2.75, 3.05) is 39.9 Å². The zero-order valence-corrected chi connectivity index (χ0v) is 13.6. The molecule has 5 heteroatoms. The van der Waals surface area contributed by atoms with Gasteiger partial charge in [0, 0.05) is 51.4 Å². The molecular weight excluding hydrogens is 266 g/mol. The van der Waals surface area contributed by atoms with E-state index in [2.05, 4.69) is 22.5 Å². The molecule has 0 aromatic rings. The minimum absolute atomic E-state index is 0.209. The molecule has 21 heavy (non-hydrogen) atoms. The van der Waals surface area contributed by atoms with Gasteiger partial charge in [-0.25, -0.2) is 0 Å². The third-order valence-corrected chi connectivity index (χ3v) is 4.75. The number of rotatable bonds is 6. The largest absolute Gasteiger partial charge is 0.385 e. The highest BCUT2D eigenvalue weighted by Crippen LogP contribution is 2.18. The maximum Gasteiger partial charge on any atom is 0.223 e. The van der Waals surface area contributed by atoms with Crippen molar-refractivity contribution in [2.45, 2.75) is 51.1 Å². The number of ether oxygens (including phenoxy) is 1. The first-order chi connectivity index (χ1) is 10.2. The molecule has 0 aliphatic carbocycles. The molecule has 1 amide bonds. The van der Waals surface area contributed by atoms with Crippen LogP contribution >= 0.6 is 0 Å². The van der Waals surface area contributed by atoms with Gasteiger partial charge in [0.2, 0.25) is 5.91 Å². The standard InChI is InChI=1S/C16H31N3O2/c1-13-12-14(4-7-17-13)16(20)18-15-5-9-19(10-6-15)8-3-11-21-2/h13-15,17H,3-12H2,1-2H3,(H,18,20)/t13-,14-/m0/s1. The van der Waals surface area contributed by atoms with Crippen molar-refractivity contribution in [3.05, 3.63) is 0 Å². The topological polar surface area (TPSA) is 53.6 Å². The fourth-order valence-electron chi connectivity index (χ4n) is 3.42. The van der Waals surface area contributed by atoms with Gasteiger partial charge in [-0.15, -0.1) is 0 Å². The van der Waals surface area contributed by atoms with Crippen LogP contribution < -0.4 is 10.6 Å². The summed E-state index contributed by atoms with van der Waals surface area (Å²) < 4.78 is 5.09. The van der Waals surface area contributed by atoms with E-state index >= 15 is 0 Å². The minimum atomic E-state index is 0.209. The Labute approximate surface area is 128 Å². The van der Waals surface area contributed by atoms with Crippen LogP contribution in [0.1, 0.15) is 39.0 Å². The van der Waals surface area contributed by atoms with Crippen LogP contribution in [0.5, 0.6) is 0 Å². The average molecular weight is 297 g/mol.